The maximum atomic E-state index is 10.5. The number of methoxy groups -OCH3 is 2. The topological polar surface area (TPSA) is 50.8 Å². The molecule has 1 saturated heterocycles. The van der Waals surface area contributed by atoms with Crippen LogP contribution in [0, 0.1) is 0 Å². The zero-order valence-corrected chi connectivity index (χ0v) is 12.1. The molecule has 5 nitrogen and oxygen atoms in total. The minimum atomic E-state index is 0.305. The fourth-order valence-corrected chi connectivity index (χ4v) is 1.46. The summed E-state index contributed by atoms with van der Waals surface area (Å²) in [5, 5.41) is 3.27. The number of hydrogen-bond acceptors (Lipinski definition) is 5. The summed E-state index contributed by atoms with van der Waals surface area (Å²) in [6.07, 6.45) is 2.02. The van der Waals surface area contributed by atoms with Crippen molar-refractivity contribution in [3.63, 3.8) is 0 Å². The van der Waals surface area contributed by atoms with Crippen molar-refractivity contribution in [2.24, 2.45) is 0 Å². The number of hydrogen-bond donors (Lipinski definition) is 1. The average molecular weight is 268 g/mol. The molecule has 0 aromatic rings. The standard InChI is InChI=1S/C9H12O3.C5H12N2/c1-5-8(6-10)9(12-4)7(2)11-3;1-7-4-2-6-3-5-7/h5-6H,1-2H2,3-4H3;6H,2-5H2,1H3/b9-8-;. The third-order valence-electron chi connectivity index (χ3n) is 2.65. The molecule has 1 fully saturated rings. The van der Waals surface area contributed by atoms with Gasteiger partial charge in [-0.15, -0.1) is 0 Å². The molecule has 1 aliphatic rings. The minimum absolute atomic E-state index is 0.305. The van der Waals surface area contributed by atoms with Gasteiger partial charge in [0.25, 0.3) is 0 Å². The van der Waals surface area contributed by atoms with E-state index in [4.69, 9.17) is 9.47 Å². The molecule has 0 spiro atoms. The number of likely N-dealkylation sites (N-methyl/N-ethyl adjacent to an activating group) is 1. The second-order valence-corrected chi connectivity index (χ2v) is 3.99. The third kappa shape index (κ3) is 6.79. The van der Waals surface area contributed by atoms with Crippen LogP contribution in [0.1, 0.15) is 0 Å². The number of carbonyl (C=O) groups is 1. The van der Waals surface area contributed by atoms with E-state index in [-0.39, 0.29) is 0 Å². The van der Waals surface area contributed by atoms with Crippen molar-refractivity contribution in [2.45, 2.75) is 0 Å². The summed E-state index contributed by atoms with van der Waals surface area (Å²) in [5.74, 6) is 0.613. The van der Waals surface area contributed by atoms with Crippen LogP contribution in [0.15, 0.2) is 36.3 Å². The van der Waals surface area contributed by atoms with E-state index in [0.29, 0.717) is 23.4 Å². The molecule has 0 radical (unpaired) electrons. The van der Waals surface area contributed by atoms with Gasteiger partial charge in [0.05, 0.1) is 19.8 Å². The fraction of sp³-hybridized carbons (Fsp3) is 0.500. The van der Waals surface area contributed by atoms with Gasteiger partial charge in [0.2, 0.25) is 0 Å². The number of aldehydes is 1. The maximum absolute atomic E-state index is 10.5. The van der Waals surface area contributed by atoms with E-state index < -0.39 is 0 Å². The van der Waals surface area contributed by atoms with Gasteiger partial charge in [-0.2, -0.15) is 0 Å². The Balaban J connectivity index is 0.000000388. The lowest BCUT2D eigenvalue weighted by Gasteiger charge is -2.21. The number of carbonyl (C=O) groups excluding carboxylic acids is 1. The summed E-state index contributed by atoms with van der Waals surface area (Å²) in [4.78, 5) is 12.8. The molecule has 0 amide bonds. The summed E-state index contributed by atoms with van der Waals surface area (Å²) in [6, 6.07) is 0. The first-order valence-electron chi connectivity index (χ1n) is 6.09. The lowest BCUT2D eigenvalue weighted by Crippen LogP contribution is -2.40. The number of nitrogens with zero attached hydrogens (tertiary/aromatic N) is 1. The van der Waals surface area contributed by atoms with Gasteiger partial charge in [-0.1, -0.05) is 19.2 Å². The molecule has 0 unspecified atom stereocenters. The van der Waals surface area contributed by atoms with E-state index in [1.165, 1.54) is 33.4 Å². The summed E-state index contributed by atoms with van der Waals surface area (Å²) in [7, 11) is 5.04. The van der Waals surface area contributed by atoms with E-state index in [2.05, 4.69) is 30.4 Å². The molecule has 0 aromatic carbocycles. The van der Waals surface area contributed by atoms with Crippen molar-refractivity contribution in [1.29, 1.82) is 0 Å². The first-order valence-corrected chi connectivity index (χ1v) is 6.09. The highest BCUT2D eigenvalue weighted by Crippen LogP contribution is 2.13. The Morgan fingerprint density at radius 3 is 2.11 bits per heavy atom. The lowest BCUT2D eigenvalue weighted by atomic mass is 10.2. The summed E-state index contributed by atoms with van der Waals surface area (Å²) in [5.41, 5.74) is 0.323. The van der Waals surface area contributed by atoms with Gasteiger partial charge in [-0.3, -0.25) is 4.79 Å². The highest BCUT2D eigenvalue weighted by molar-refractivity contribution is 5.79. The number of allylic oxidation sites excluding steroid dienone is 2. The van der Waals surface area contributed by atoms with E-state index in [1.54, 1.807) is 0 Å². The van der Waals surface area contributed by atoms with Gasteiger partial charge >= 0.3 is 0 Å². The first-order chi connectivity index (χ1) is 9.10. The molecule has 0 saturated carbocycles. The SMILES string of the molecule is C=C/C(C=O)=C(/OC)C(=C)OC.CN1CCNCC1. The Morgan fingerprint density at radius 2 is 1.84 bits per heavy atom. The van der Waals surface area contributed by atoms with Crippen LogP contribution in [-0.4, -0.2) is 58.6 Å². The summed E-state index contributed by atoms with van der Waals surface area (Å²) in [6.45, 7) is 11.7. The normalized spacial score (nSPS) is 16.4. The molecule has 19 heavy (non-hydrogen) atoms. The van der Waals surface area contributed by atoms with Gasteiger partial charge in [-0.25, -0.2) is 0 Å². The second-order valence-electron chi connectivity index (χ2n) is 3.99. The molecule has 0 aromatic heterocycles. The van der Waals surface area contributed by atoms with Gasteiger partial charge in [-0.05, 0) is 7.05 Å². The zero-order valence-electron chi connectivity index (χ0n) is 12.1. The molecule has 1 N–H and O–H groups in total. The van der Waals surface area contributed by atoms with E-state index in [9.17, 15) is 4.79 Å². The van der Waals surface area contributed by atoms with Crippen molar-refractivity contribution in [1.82, 2.24) is 10.2 Å². The zero-order chi connectivity index (χ0) is 14.7. The molecule has 1 rings (SSSR count). The molecule has 5 heteroatoms. The van der Waals surface area contributed by atoms with Crippen LogP contribution in [0.4, 0.5) is 0 Å². The Labute approximate surface area is 115 Å². The van der Waals surface area contributed by atoms with Crippen molar-refractivity contribution in [2.75, 3.05) is 47.4 Å². The van der Waals surface area contributed by atoms with Crippen molar-refractivity contribution >= 4 is 6.29 Å². The fourth-order valence-electron chi connectivity index (χ4n) is 1.46. The molecule has 108 valence electrons. The average Bonchev–Trinajstić information content (AvgIpc) is 2.45. The van der Waals surface area contributed by atoms with Crippen LogP contribution < -0.4 is 5.32 Å². The van der Waals surface area contributed by atoms with Crippen molar-refractivity contribution in [3.8, 4) is 0 Å². The lowest BCUT2D eigenvalue weighted by molar-refractivity contribution is -0.104. The number of ether oxygens (including phenoxy) is 2. The van der Waals surface area contributed by atoms with Crippen LogP contribution in [0.5, 0.6) is 0 Å². The molecule has 1 heterocycles. The second kappa shape index (κ2) is 10.3. The molecule has 0 aliphatic carbocycles. The number of piperazine rings is 1. The molecule has 1 aliphatic heterocycles. The molecular weight excluding hydrogens is 244 g/mol. The van der Waals surface area contributed by atoms with E-state index in [1.807, 2.05) is 0 Å². The van der Waals surface area contributed by atoms with Crippen molar-refractivity contribution in [3.05, 3.63) is 36.3 Å². The van der Waals surface area contributed by atoms with E-state index in [0.717, 1.165) is 13.1 Å². The van der Waals surface area contributed by atoms with Crippen LogP contribution in [0.25, 0.3) is 0 Å². The quantitative estimate of drug-likeness (QED) is 0.348. The summed E-state index contributed by atoms with van der Waals surface area (Å²) >= 11 is 0. The maximum Gasteiger partial charge on any atom is 0.170 e. The molecule has 0 atom stereocenters. The predicted octanol–water partition coefficient (Wildman–Crippen LogP) is 0.953. The Hall–Kier alpha value is -1.59. The highest BCUT2D eigenvalue weighted by atomic mass is 16.5. The van der Waals surface area contributed by atoms with Crippen LogP contribution in [-0.2, 0) is 14.3 Å². The van der Waals surface area contributed by atoms with Gasteiger partial charge in [0.1, 0.15) is 0 Å². The monoisotopic (exact) mass is 268 g/mol. The Bertz CT molecular complexity index is 322. The molecular formula is C14H24N2O3. The minimum Gasteiger partial charge on any atom is -0.493 e. The van der Waals surface area contributed by atoms with Crippen LogP contribution >= 0.6 is 0 Å². The number of rotatable bonds is 5. The van der Waals surface area contributed by atoms with Crippen LogP contribution in [0.2, 0.25) is 0 Å². The smallest absolute Gasteiger partial charge is 0.170 e. The van der Waals surface area contributed by atoms with Gasteiger partial charge in [0, 0.05) is 26.2 Å². The summed E-state index contributed by atoms with van der Waals surface area (Å²) < 4.78 is 9.70. The Kier molecular flexibility index (Phi) is 9.48. The van der Waals surface area contributed by atoms with Gasteiger partial charge in [0.15, 0.2) is 17.8 Å². The van der Waals surface area contributed by atoms with E-state index >= 15 is 0 Å². The number of nitrogens with one attached hydrogen (secondary N) is 1. The highest BCUT2D eigenvalue weighted by Gasteiger charge is 2.07. The molecule has 0 bridgehead atoms. The first kappa shape index (κ1) is 17.4. The van der Waals surface area contributed by atoms with Gasteiger partial charge < -0.3 is 19.7 Å². The predicted molar refractivity (Wildman–Crippen MR) is 76.8 cm³/mol. The van der Waals surface area contributed by atoms with Crippen molar-refractivity contribution < 1.29 is 14.3 Å². The third-order valence-corrected chi connectivity index (χ3v) is 2.65. The van der Waals surface area contributed by atoms with Crippen LogP contribution in [0.3, 0.4) is 0 Å². The Morgan fingerprint density at radius 1 is 1.26 bits per heavy atom. The largest absolute Gasteiger partial charge is 0.493 e.